The average Bonchev–Trinajstić information content (AvgIpc) is 3.31. The summed E-state index contributed by atoms with van der Waals surface area (Å²) in [6.07, 6.45) is 0. The number of hydrogen-bond donors (Lipinski definition) is 0. The molecule has 0 spiro atoms. The zero-order valence-electron chi connectivity index (χ0n) is 32.2. The number of rotatable bonds is 11. The molecule has 7 aromatic carbocycles. The molecular formula is C50H30O12. The van der Waals surface area contributed by atoms with Crippen molar-refractivity contribution in [1.29, 1.82) is 0 Å². The predicted octanol–water partition coefficient (Wildman–Crippen LogP) is 9.56. The highest BCUT2D eigenvalue weighted by molar-refractivity contribution is 5.99. The Morgan fingerprint density at radius 3 is 1.21 bits per heavy atom. The van der Waals surface area contributed by atoms with Gasteiger partial charge in [0.05, 0.1) is 27.8 Å². The number of esters is 5. The van der Waals surface area contributed by atoms with Gasteiger partial charge in [0, 0.05) is 17.7 Å². The van der Waals surface area contributed by atoms with Gasteiger partial charge in [0.15, 0.2) is 17.3 Å². The number of carbonyl (C=O) groups is 5. The zero-order chi connectivity index (χ0) is 43.0. The van der Waals surface area contributed by atoms with Crippen LogP contribution in [-0.2, 0) is 0 Å². The lowest BCUT2D eigenvalue weighted by molar-refractivity contribution is 0.0682. The Labute approximate surface area is 352 Å². The van der Waals surface area contributed by atoms with Crippen molar-refractivity contribution in [2.75, 3.05) is 0 Å². The van der Waals surface area contributed by atoms with Crippen molar-refractivity contribution in [1.82, 2.24) is 0 Å². The van der Waals surface area contributed by atoms with Crippen molar-refractivity contribution in [3.8, 4) is 40.1 Å². The monoisotopic (exact) mass is 822 g/mol. The minimum Gasteiger partial charge on any atom is -0.452 e. The Balaban J connectivity index is 1.31. The van der Waals surface area contributed by atoms with Crippen LogP contribution in [0, 0.1) is 0 Å². The summed E-state index contributed by atoms with van der Waals surface area (Å²) in [6.45, 7) is 0. The number of hydrogen-bond acceptors (Lipinski definition) is 12. The van der Waals surface area contributed by atoms with Crippen LogP contribution >= 0.6 is 0 Å². The lowest BCUT2D eigenvalue weighted by atomic mass is 10.1. The van der Waals surface area contributed by atoms with E-state index in [0.29, 0.717) is 0 Å². The zero-order valence-corrected chi connectivity index (χ0v) is 32.2. The van der Waals surface area contributed by atoms with Crippen molar-refractivity contribution in [2.45, 2.75) is 0 Å². The van der Waals surface area contributed by atoms with E-state index in [4.69, 9.17) is 28.1 Å². The molecule has 302 valence electrons. The van der Waals surface area contributed by atoms with Crippen LogP contribution < -0.4 is 29.1 Å². The number of carbonyl (C=O) groups excluding carboxylic acids is 5. The van der Waals surface area contributed by atoms with Crippen molar-refractivity contribution < 1.29 is 52.1 Å². The molecule has 0 unspecified atom stereocenters. The summed E-state index contributed by atoms with van der Waals surface area (Å²) in [4.78, 5) is 81.8. The van der Waals surface area contributed by atoms with Gasteiger partial charge in [-0.15, -0.1) is 0 Å². The Bertz CT molecular complexity index is 3020. The SMILES string of the molecule is O=C(Oc1cc(OC(=O)c2ccccc2)c2c(=O)c(OC(=O)c3ccccc3)c(-c3ccc(OC(=O)c4ccccc4)c(OC(=O)c4ccccc4)c3)oc2c1)c1ccccc1. The molecule has 0 saturated carbocycles. The van der Waals surface area contributed by atoms with Crippen LogP contribution in [0.5, 0.6) is 28.7 Å². The fourth-order valence-electron chi connectivity index (χ4n) is 6.14. The van der Waals surface area contributed by atoms with E-state index >= 15 is 0 Å². The lowest BCUT2D eigenvalue weighted by Crippen LogP contribution is -2.18. The quantitative estimate of drug-likeness (QED) is 0.0899. The molecular weight excluding hydrogens is 793 g/mol. The van der Waals surface area contributed by atoms with Crippen molar-refractivity contribution >= 4 is 40.8 Å². The summed E-state index contributed by atoms with van der Waals surface area (Å²) in [5.74, 6) is -6.18. The fourth-order valence-corrected chi connectivity index (χ4v) is 6.14. The molecule has 0 atom stereocenters. The van der Waals surface area contributed by atoms with E-state index in [2.05, 4.69) is 0 Å². The van der Waals surface area contributed by atoms with Gasteiger partial charge in [-0.2, -0.15) is 0 Å². The summed E-state index contributed by atoms with van der Waals surface area (Å²) in [6, 6.07) is 46.4. The molecule has 0 aliphatic carbocycles. The van der Waals surface area contributed by atoms with E-state index in [0.717, 1.165) is 0 Å². The second-order valence-corrected chi connectivity index (χ2v) is 13.3. The van der Waals surface area contributed by atoms with Crippen LogP contribution in [0.15, 0.2) is 191 Å². The summed E-state index contributed by atoms with van der Waals surface area (Å²) < 4.78 is 35.1. The molecule has 0 radical (unpaired) electrons. The molecule has 0 saturated heterocycles. The van der Waals surface area contributed by atoms with Crippen molar-refractivity contribution in [2.24, 2.45) is 0 Å². The smallest absolute Gasteiger partial charge is 0.343 e. The van der Waals surface area contributed by atoms with Crippen molar-refractivity contribution in [3.63, 3.8) is 0 Å². The second kappa shape index (κ2) is 17.9. The number of fused-ring (bicyclic) bond motifs is 1. The van der Waals surface area contributed by atoms with E-state index < -0.39 is 41.0 Å². The standard InChI is InChI=1S/C50H30O12/c51-43-42-40(29-37(57-46(52)31-16-6-1-7-17-31)30-41(42)61-49(55)34-22-12-4-13-23-34)58-44(45(43)62-50(56)35-24-14-5-15-25-35)36-26-27-38(59-47(53)32-18-8-2-9-19-32)39(28-36)60-48(54)33-20-10-3-11-21-33/h1-30H. The Kier molecular flexibility index (Phi) is 11.5. The maximum absolute atomic E-state index is 14.8. The van der Waals surface area contributed by atoms with Crippen LogP contribution in [0.2, 0.25) is 0 Å². The predicted molar refractivity (Wildman–Crippen MR) is 225 cm³/mol. The molecule has 0 bridgehead atoms. The lowest BCUT2D eigenvalue weighted by Gasteiger charge is -2.16. The van der Waals surface area contributed by atoms with E-state index in [1.54, 1.807) is 103 Å². The molecule has 12 heteroatoms. The topological polar surface area (TPSA) is 162 Å². The van der Waals surface area contributed by atoms with Gasteiger partial charge in [0.2, 0.25) is 11.2 Å². The van der Waals surface area contributed by atoms with Gasteiger partial charge in [-0.3, -0.25) is 4.79 Å². The number of benzene rings is 7. The average molecular weight is 823 g/mol. The normalized spacial score (nSPS) is 10.6. The van der Waals surface area contributed by atoms with Gasteiger partial charge in [0.25, 0.3) is 0 Å². The molecule has 8 rings (SSSR count). The fraction of sp³-hybridized carbons (Fsp3) is 0. The Hall–Kier alpha value is -8.90. The van der Waals surface area contributed by atoms with E-state index in [1.165, 1.54) is 78.9 Å². The van der Waals surface area contributed by atoms with Gasteiger partial charge < -0.3 is 28.1 Å². The van der Waals surface area contributed by atoms with Crippen LogP contribution in [0.4, 0.5) is 0 Å². The largest absolute Gasteiger partial charge is 0.452 e. The first-order valence-electron chi connectivity index (χ1n) is 18.9. The van der Waals surface area contributed by atoms with Gasteiger partial charge in [-0.05, 0) is 78.9 Å². The Morgan fingerprint density at radius 2 is 0.758 bits per heavy atom. The van der Waals surface area contributed by atoms with E-state index in [9.17, 15) is 28.8 Å². The first-order chi connectivity index (χ1) is 30.2. The van der Waals surface area contributed by atoms with Gasteiger partial charge in [0.1, 0.15) is 22.5 Å². The molecule has 62 heavy (non-hydrogen) atoms. The first kappa shape index (κ1) is 39.9. The number of ether oxygens (including phenoxy) is 5. The van der Waals surface area contributed by atoms with Crippen LogP contribution in [0.25, 0.3) is 22.3 Å². The van der Waals surface area contributed by atoms with Crippen LogP contribution in [-0.4, -0.2) is 29.8 Å². The third kappa shape index (κ3) is 8.89. The molecule has 0 N–H and O–H groups in total. The summed E-state index contributed by atoms with van der Waals surface area (Å²) >= 11 is 0. The molecule has 8 aromatic rings. The van der Waals surface area contributed by atoms with Gasteiger partial charge in [-0.1, -0.05) is 91.0 Å². The van der Waals surface area contributed by atoms with Gasteiger partial charge >= 0.3 is 29.8 Å². The second-order valence-electron chi connectivity index (χ2n) is 13.3. The van der Waals surface area contributed by atoms with E-state index in [-0.39, 0.29) is 73.1 Å². The minimum absolute atomic E-state index is 0.00440. The van der Waals surface area contributed by atoms with Crippen molar-refractivity contribution in [3.05, 3.63) is 220 Å². The summed E-state index contributed by atoms with van der Waals surface area (Å²) in [5, 5.41) is -0.349. The maximum Gasteiger partial charge on any atom is 0.343 e. The molecule has 0 aliphatic rings. The highest BCUT2D eigenvalue weighted by Gasteiger charge is 2.28. The molecule has 0 amide bonds. The summed E-state index contributed by atoms with van der Waals surface area (Å²) in [7, 11) is 0. The minimum atomic E-state index is -0.968. The molecule has 12 nitrogen and oxygen atoms in total. The molecule has 1 aromatic heterocycles. The highest BCUT2D eigenvalue weighted by atomic mass is 16.6. The molecule has 1 heterocycles. The van der Waals surface area contributed by atoms with Gasteiger partial charge in [-0.25, -0.2) is 24.0 Å². The maximum atomic E-state index is 14.8. The molecule has 0 fully saturated rings. The van der Waals surface area contributed by atoms with Crippen LogP contribution in [0.1, 0.15) is 51.8 Å². The third-order valence-corrected chi connectivity index (χ3v) is 9.16. The third-order valence-electron chi connectivity index (χ3n) is 9.16. The summed E-state index contributed by atoms with van der Waals surface area (Å²) in [5.41, 5.74) is -0.433. The highest BCUT2D eigenvalue weighted by Crippen LogP contribution is 2.40. The van der Waals surface area contributed by atoms with Crippen LogP contribution in [0.3, 0.4) is 0 Å². The first-order valence-corrected chi connectivity index (χ1v) is 18.9. The molecule has 0 aliphatic heterocycles. The Morgan fingerprint density at radius 1 is 0.371 bits per heavy atom. The van der Waals surface area contributed by atoms with E-state index in [1.807, 2.05) is 0 Å².